The van der Waals surface area contributed by atoms with Crippen molar-refractivity contribution in [2.24, 2.45) is 0 Å². The van der Waals surface area contributed by atoms with Gasteiger partial charge in [0.1, 0.15) is 0 Å². The molecule has 2 unspecified atom stereocenters. The second-order valence-corrected chi connectivity index (χ2v) is 5.80. The van der Waals surface area contributed by atoms with Gasteiger partial charge in [-0.2, -0.15) is 0 Å². The summed E-state index contributed by atoms with van der Waals surface area (Å²) >= 11 is 0. The number of para-hydroxylation sites is 1. The molecule has 1 aliphatic heterocycles. The summed E-state index contributed by atoms with van der Waals surface area (Å²) < 4.78 is 0. The Labute approximate surface area is 118 Å². The highest BCUT2D eigenvalue weighted by Gasteiger charge is 2.19. The summed E-state index contributed by atoms with van der Waals surface area (Å²) in [6.45, 7) is 6.81. The second-order valence-electron chi connectivity index (χ2n) is 5.80. The zero-order valence-electron chi connectivity index (χ0n) is 12.4. The van der Waals surface area contributed by atoms with E-state index in [9.17, 15) is 0 Å². The summed E-state index contributed by atoms with van der Waals surface area (Å²) in [5, 5.41) is 7.22. The van der Waals surface area contributed by atoms with Gasteiger partial charge in [-0.3, -0.25) is 0 Å². The first kappa shape index (κ1) is 14.4. The first-order valence-electron chi connectivity index (χ1n) is 7.87. The van der Waals surface area contributed by atoms with Crippen LogP contribution in [0, 0.1) is 0 Å². The van der Waals surface area contributed by atoms with Gasteiger partial charge in [-0.15, -0.1) is 0 Å². The van der Waals surface area contributed by atoms with Crippen LogP contribution in [0.5, 0.6) is 0 Å². The Hall–Kier alpha value is -1.02. The Bertz CT molecular complexity index is 375. The first-order valence-corrected chi connectivity index (χ1v) is 7.87. The Balaban J connectivity index is 1.80. The number of unbranched alkanes of at least 4 members (excludes halogenated alkanes) is 2. The molecule has 2 atom stereocenters. The monoisotopic (exact) mass is 260 g/mol. The van der Waals surface area contributed by atoms with E-state index in [0.29, 0.717) is 12.0 Å². The number of anilines is 1. The minimum Gasteiger partial charge on any atom is -0.385 e. The van der Waals surface area contributed by atoms with Gasteiger partial charge in [-0.25, -0.2) is 0 Å². The van der Waals surface area contributed by atoms with Crippen molar-refractivity contribution < 1.29 is 0 Å². The molecule has 0 fully saturated rings. The average molecular weight is 260 g/mol. The lowest BCUT2D eigenvalue weighted by molar-refractivity contribution is 0.454. The number of benzene rings is 1. The third-order valence-electron chi connectivity index (χ3n) is 4.16. The zero-order chi connectivity index (χ0) is 13.5. The van der Waals surface area contributed by atoms with Crippen molar-refractivity contribution in [2.45, 2.75) is 57.9 Å². The minimum absolute atomic E-state index is 0.647. The highest BCUT2D eigenvalue weighted by molar-refractivity contribution is 5.54. The third kappa shape index (κ3) is 4.24. The Morgan fingerprint density at radius 3 is 3.00 bits per heavy atom. The highest BCUT2D eigenvalue weighted by atomic mass is 14.9. The maximum atomic E-state index is 3.72. The van der Waals surface area contributed by atoms with E-state index < -0.39 is 0 Å². The van der Waals surface area contributed by atoms with Crippen LogP contribution in [0.25, 0.3) is 0 Å². The Morgan fingerprint density at radius 1 is 1.32 bits per heavy atom. The molecular weight excluding hydrogens is 232 g/mol. The van der Waals surface area contributed by atoms with E-state index in [1.54, 1.807) is 0 Å². The van der Waals surface area contributed by atoms with E-state index in [1.807, 2.05) is 0 Å². The van der Waals surface area contributed by atoms with Gasteiger partial charge in [0.05, 0.1) is 0 Å². The largest absolute Gasteiger partial charge is 0.385 e. The van der Waals surface area contributed by atoms with Crippen LogP contribution in [0.2, 0.25) is 0 Å². The molecule has 0 amide bonds. The van der Waals surface area contributed by atoms with Gasteiger partial charge in [0.15, 0.2) is 0 Å². The van der Waals surface area contributed by atoms with Crippen LogP contribution < -0.4 is 10.6 Å². The molecule has 2 N–H and O–H groups in total. The van der Waals surface area contributed by atoms with Gasteiger partial charge in [0, 0.05) is 30.7 Å². The molecule has 1 aromatic carbocycles. The predicted molar refractivity (Wildman–Crippen MR) is 83.9 cm³/mol. The van der Waals surface area contributed by atoms with Crippen LogP contribution in [0.15, 0.2) is 24.3 Å². The van der Waals surface area contributed by atoms with E-state index in [2.05, 4.69) is 48.7 Å². The van der Waals surface area contributed by atoms with Gasteiger partial charge >= 0.3 is 0 Å². The van der Waals surface area contributed by atoms with Crippen LogP contribution in [-0.2, 0) is 0 Å². The van der Waals surface area contributed by atoms with Gasteiger partial charge in [-0.1, -0.05) is 44.4 Å². The van der Waals surface area contributed by atoms with E-state index in [4.69, 9.17) is 0 Å². The lowest BCUT2D eigenvalue weighted by atomic mass is 9.90. The molecule has 1 aliphatic rings. The molecule has 0 aliphatic carbocycles. The number of rotatable bonds is 7. The van der Waals surface area contributed by atoms with E-state index in [-0.39, 0.29) is 0 Å². The van der Waals surface area contributed by atoms with Crippen LogP contribution in [0.1, 0.15) is 57.4 Å². The molecule has 0 aromatic heterocycles. The minimum atomic E-state index is 0.647. The number of fused-ring (bicyclic) bond motifs is 1. The molecule has 2 rings (SSSR count). The smallest absolute Gasteiger partial charge is 0.0376 e. The fourth-order valence-corrected chi connectivity index (χ4v) is 2.91. The normalized spacial score (nSPS) is 19.6. The van der Waals surface area contributed by atoms with Crippen LogP contribution >= 0.6 is 0 Å². The van der Waals surface area contributed by atoms with Gasteiger partial charge in [-0.05, 0) is 31.4 Å². The first-order chi connectivity index (χ1) is 9.31. The summed E-state index contributed by atoms with van der Waals surface area (Å²) in [6.07, 6.45) is 6.58. The zero-order valence-corrected chi connectivity index (χ0v) is 12.4. The molecule has 1 heterocycles. The molecule has 0 saturated heterocycles. The quantitative estimate of drug-likeness (QED) is 0.720. The molecule has 19 heavy (non-hydrogen) atoms. The van der Waals surface area contributed by atoms with Gasteiger partial charge in [0.2, 0.25) is 0 Å². The standard InChI is InChI=1S/C17H28N2/c1-3-4-5-8-14(2)19-13-15-11-12-18-17-10-7-6-9-16(15)17/h6-7,9-10,14-15,18-19H,3-5,8,11-13H2,1-2H3. The van der Waals surface area contributed by atoms with Gasteiger partial charge < -0.3 is 10.6 Å². The van der Waals surface area contributed by atoms with Crippen molar-refractivity contribution in [1.29, 1.82) is 0 Å². The fourth-order valence-electron chi connectivity index (χ4n) is 2.91. The number of hydrogen-bond acceptors (Lipinski definition) is 2. The summed E-state index contributed by atoms with van der Waals surface area (Å²) in [5.41, 5.74) is 2.82. The molecular formula is C17H28N2. The third-order valence-corrected chi connectivity index (χ3v) is 4.16. The van der Waals surface area contributed by atoms with Crippen LogP contribution in [-0.4, -0.2) is 19.1 Å². The summed E-state index contributed by atoms with van der Waals surface area (Å²) in [4.78, 5) is 0. The SMILES string of the molecule is CCCCCC(C)NCC1CCNc2ccccc21. The Morgan fingerprint density at radius 2 is 2.16 bits per heavy atom. The van der Waals surface area contributed by atoms with E-state index in [1.165, 1.54) is 43.4 Å². The molecule has 2 heteroatoms. The van der Waals surface area contributed by atoms with Crippen molar-refractivity contribution in [3.05, 3.63) is 29.8 Å². The molecule has 0 bridgehead atoms. The van der Waals surface area contributed by atoms with E-state index in [0.717, 1.165) is 13.1 Å². The maximum Gasteiger partial charge on any atom is 0.0376 e. The molecule has 1 aromatic rings. The molecule has 0 radical (unpaired) electrons. The predicted octanol–water partition coefficient (Wildman–Crippen LogP) is 4.14. The van der Waals surface area contributed by atoms with Crippen LogP contribution in [0.4, 0.5) is 5.69 Å². The number of nitrogens with one attached hydrogen (secondary N) is 2. The topological polar surface area (TPSA) is 24.1 Å². The van der Waals surface area contributed by atoms with E-state index >= 15 is 0 Å². The van der Waals surface area contributed by atoms with Crippen LogP contribution in [0.3, 0.4) is 0 Å². The number of hydrogen-bond donors (Lipinski definition) is 2. The van der Waals surface area contributed by atoms with Crippen molar-refractivity contribution in [3.8, 4) is 0 Å². The maximum absolute atomic E-state index is 3.72. The summed E-state index contributed by atoms with van der Waals surface area (Å²) in [7, 11) is 0. The molecule has 106 valence electrons. The molecule has 0 spiro atoms. The highest BCUT2D eigenvalue weighted by Crippen LogP contribution is 2.30. The van der Waals surface area contributed by atoms with Gasteiger partial charge in [0.25, 0.3) is 0 Å². The van der Waals surface area contributed by atoms with Crippen molar-refractivity contribution >= 4 is 5.69 Å². The Kier molecular flexibility index (Phi) is 5.71. The second kappa shape index (κ2) is 7.54. The fraction of sp³-hybridized carbons (Fsp3) is 0.647. The van der Waals surface area contributed by atoms with Crippen molar-refractivity contribution in [2.75, 3.05) is 18.4 Å². The van der Waals surface area contributed by atoms with Crippen molar-refractivity contribution in [1.82, 2.24) is 5.32 Å². The lowest BCUT2D eigenvalue weighted by Gasteiger charge is -2.28. The average Bonchev–Trinajstić information content (AvgIpc) is 2.45. The van der Waals surface area contributed by atoms with Crippen molar-refractivity contribution in [3.63, 3.8) is 0 Å². The molecule has 2 nitrogen and oxygen atoms in total. The molecule has 0 saturated carbocycles. The lowest BCUT2D eigenvalue weighted by Crippen LogP contribution is -2.32. The summed E-state index contributed by atoms with van der Waals surface area (Å²) in [6, 6.07) is 9.40. The summed E-state index contributed by atoms with van der Waals surface area (Å²) in [5.74, 6) is 0.672.